The number of hydrogen-bond donors (Lipinski definition) is 1. The lowest BCUT2D eigenvalue weighted by Crippen LogP contribution is -2.39. The molecule has 1 fully saturated rings. The zero-order valence-corrected chi connectivity index (χ0v) is 10.3. The Hall–Kier alpha value is -1.84. The molecule has 1 aliphatic heterocycles. The summed E-state index contributed by atoms with van der Waals surface area (Å²) in [6, 6.07) is 7.97. The number of benzene rings is 1. The molecule has 1 aromatic rings. The van der Waals surface area contributed by atoms with Crippen LogP contribution < -0.4 is 10.2 Å². The number of nitrogens with one attached hydrogen (secondary N) is 1. The van der Waals surface area contributed by atoms with E-state index in [0.29, 0.717) is 6.04 Å². The molecule has 1 unspecified atom stereocenters. The second-order valence-electron chi connectivity index (χ2n) is 5.05. The molecule has 1 aliphatic carbocycles. The van der Waals surface area contributed by atoms with Gasteiger partial charge in [0.1, 0.15) is 0 Å². The molecule has 0 bridgehead atoms. The minimum atomic E-state index is -0.328. The molecule has 3 rings (SSSR count). The van der Waals surface area contributed by atoms with Gasteiger partial charge in [-0.25, -0.2) is 0 Å². The van der Waals surface area contributed by atoms with Crippen molar-refractivity contribution < 1.29 is 9.59 Å². The van der Waals surface area contributed by atoms with Crippen molar-refractivity contribution >= 4 is 17.5 Å². The summed E-state index contributed by atoms with van der Waals surface area (Å²) < 4.78 is 0. The third-order valence-electron chi connectivity index (χ3n) is 3.67. The predicted octanol–water partition coefficient (Wildman–Crippen LogP) is 1.42. The number of amides is 2. The number of hydrogen-bond acceptors (Lipinski definition) is 2. The van der Waals surface area contributed by atoms with E-state index in [1.54, 1.807) is 11.9 Å². The summed E-state index contributed by atoms with van der Waals surface area (Å²) >= 11 is 0. The smallest absolute Gasteiger partial charge is 0.228 e. The van der Waals surface area contributed by atoms with Gasteiger partial charge in [0.05, 0.1) is 5.92 Å². The Morgan fingerprint density at radius 1 is 1.33 bits per heavy atom. The molecule has 2 amide bonds. The van der Waals surface area contributed by atoms with Crippen molar-refractivity contribution in [1.29, 1.82) is 0 Å². The number of anilines is 1. The topological polar surface area (TPSA) is 49.4 Å². The highest BCUT2D eigenvalue weighted by atomic mass is 16.2. The molecule has 0 saturated heterocycles. The lowest BCUT2D eigenvalue weighted by atomic mass is 9.89. The summed E-state index contributed by atoms with van der Waals surface area (Å²) in [4.78, 5) is 25.7. The monoisotopic (exact) mass is 244 g/mol. The Morgan fingerprint density at radius 2 is 2.06 bits per heavy atom. The average molecular weight is 244 g/mol. The molecule has 0 aromatic heterocycles. The number of rotatable bonds is 2. The molecule has 1 N–H and O–H groups in total. The van der Waals surface area contributed by atoms with Crippen LogP contribution in [0.25, 0.3) is 0 Å². The van der Waals surface area contributed by atoms with E-state index >= 15 is 0 Å². The van der Waals surface area contributed by atoms with Gasteiger partial charge in [-0.3, -0.25) is 9.59 Å². The van der Waals surface area contributed by atoms with Gasteiger partial charge in [-0.1, -0.05) is 18.2 Å². The second-order valence-corrected chi connectivity index (χ2v) is 5.05. The molecule has 1 heterocycles. The van der Waals surface area contributed by atoms with Crippen LogP contribution in [0.3, 0.4) is 0 Å². The van der Waals surface area contributed by atoms with E-state index in [1.807, 2.05) is 24.3 Å². The second kappa shape index (κ2) is 4.12. The molecule has 2 aliphatic rings. The Balaban J connectivity index is 1.92. The molecular formula is C14H16N2O2. The van der Waals surface area contributed by atoms with E-state index in [1.165, 1.54) is 0 Å². The Kier molecular flexibility index (Phi) is 2.58. The van der Waals surface area contributed by atoms with Gasteiger partial charge in [-0.15, -0.1) is 0 Å². The Bertz CT molecular complexity index is 508. The van der Waals surface area contributed by atoms with E-state index in [9.17, 15) is 9.59 Å². The van der Waals surface area contributed by atoms with Crippen molar-refractivity contribution in [2.75, 3.05) is 11.9 Å². The molecular weight excluding hydrogens is 228 g/mol. The SMILES string of the molecule is CN1C(=O)CC(C(=O)NC2CC2)c2ccccc21. The Labute approximate surface area is 106 Å². The van der Waals surface area contributed by atoms with Crippen LogP contribution in [0.1, 0.15) is 30.7 Å². The van der Waals surface area contributed by atoms with Gasteiger partial charge in [0, 0.05) is 25.2 Å². The molecule has 4 heteroatoms. The first-order valence-corrected chi connectivity index (χ1v) is 6.32. The van der Waals surface area contributed by atoms with Crippen molar-refractivity contribution in [2.24, 2.45) is 0 Å². The summed E-state index contributed by atoms with van der Waals surface area (Å²) in [7, 11) is 1.76. The fraction of sp³-hybridized carbons (Fsp3) is 0.429. The van der Waals surface area contributed by atoms with Crippen molar-refractivity contribution in [1.82, 2.24) is 5.32 Å². The number of para-hydroxylation sites is 1. The number of nitrogens with zero attached hydrogens (tertiary/aromatic N) is 1. The van der Waals surface area contributed by atoms with Crippen LogP contribution in [-0.2, 0) is 9.59 Å². The van der Waals surface area contributed by atoms with Crippen LogP contribution in [0.5, 0.6) is 0 Å². The minimum Gasteiger partial charge on any atom is -0.353 e. The molecule has 0 radical (unpaired) electrons. The molecule has 4 nitrogen and oxygen atoms in total. The van der Waals surface area contributed by atoms with Crippen LogP contribution >= 0.6 is 0 Å². The molecule has 1 aromatic carbocycles. The van der Waals surface area contributed by atoms with Crippen LogP contribution in [0.4, 0.5) is 5.69 Å². The third kappa shape index (κ3) is 1.88. The fourth-order valence-electron chi connectivity index (χ4n) is 2.41. The zero-order valence-electron chi connectivity index (χ0n) is 10.3. The van der Waals surface area contributed by atoms with Crippen molar-refractivity contribution in [3.05, 3.63) is 29.8 Å². The van der Waals surface area contributed by atoms with Crippen LogP contribution in [-0.4, -0.2) is 24.9 Å². The highest BCUT2D eigenvalue weighted by Crippen LogP contribution is 2.35. The third-order valence-corrected chi connectivity index (χ3v) is 3.67. The maximum absolute atomic E-state index is 12.2. The van der Waals surface area contributed by atoms with E-state index < -0.39 is 0 Å². The summed E-state index contributed by atoms with van der Waals surface area (Å²) in [5.74, 6) is -0.332. The lowest BCUT2D eigenvalue weighted by Gasteiger charge is -2.30. The van der Waals surface area contributed by atoms with E-state index in [-0.39, 0.29) is 24.2 Å². The van der Waals surface area contributed by atoms with Gasteiger partial charge in [0.25, 0.3) is 0 Å². The quantitative estimate of drug-likeness (QED) is 0.855. The van der Waals surface area contributed by atoms with Gasteiger partial charge in [-0.2, -0.15) is 0 Å². The molecule has 94 valence electrons. The first-order chi connectivity index (χ1) is 8.66. The Morgan fingerprint density at radius 3 is 2.78 bits per heavy atom. The van der Waals surface area contributed by atoms with E-state index in [0.717, 1.165) is 24.1 Å². The van der Waals surface area contributed by atoms with E-state index in [4.69, 9.17) is 0 Å². The summed E-state index contributed by atoms with van der Waals surface area (Å²) in [5, 5.41) is 2.99. The van der Waals surface area contributed by atoms with Crippen LogP contribution in [0.15, 0.2) is 24.3 Å². The zero-order chi connectivity index (χ0) is 12.7. The molecule has 18 heavy (non-hydrogen) atoms. The number of carbonyl (C=O) groups excluding carboxylic acids is 2. The predicted molar refractivity (Wildman–Crippen MR) is 68.4 cm³/mol. The lowest BCUT2D eigenvalue weighted by molar-refractivity contribution is -0.127. The van der Waals surface area contributed by atoms with Crippen molar-refractivity contribution in [2.45, 2.75) is 31.2 Å². The first kappa shape index (κ1) is 11.3. The summed E-state index contributed by atoms with van der Waals surface area (Å²) in [6.45, 7) is 0. The maximum Gasteiger partial charge on any atom is 0.228 e. The summed E-state index contributed by atoms with van der Waals surface area (Å²) in [6.07, 6.45) is 2.40. The standard InChI is InChI=1S/C14H16N2O2/c1-16-12-5-3-2-4-10(12)11(8-13(16)17)14(18)15-9-6-7-9/h2-5,9,11H,6-8H2,1H3,(H,15,18). The molecule has 0 spiro atoms. The van der Waals surface area contributed by atoms with Crippen LogP contribution in [0.2, 0.25) is 0 Å². The molecule has 1 saturated carbocycles. The summed E-state index contributed by atoms with van der Waals surface area (Å²) in [5.41, 5.74) is 1.81. The van der Waals surface area contributed by atoms with Gasteiger partial charge in [0.15, 0.2) is 0 Å². The van der Waals surface area contributed by atoms with Gasteiger partial charge < -0.3 is 10.2 Å². The highest BCUT2D eigenvalue weighted by Gasteiger charge is 2.35. The fourth-order valence-corrected chi connectivity index (χ4v) is 2.41. The number of carbonyl (C=O) groups is 2. The van der Waals surface area contributed by atoms with Crippen molar-refractivity contribution in [3.63, 3.8) is 0 Å². The maximum atomic E-state index is 12.2. The normalized spacial score (nSPS) is 22.6. The molecule has 1 atom stereocenters. The van der Waals surface area contributed by atoms with Gasteiger partial charge in [-0.05, 0) is 24.5 Å². The van der Waals surface area contributed by atoms with Gasteiger partial charge in [0.2, 0.25) is 11.8 Å². The largest absolute Gasteiger partial charge is 0.353 e. The average Bonchev–Trinajstić information content (AvgIpc) is 3.17. The van der Waals surface area contributed by atoms with E-state index in [2.05, 4.69) is 5.32 Å². The first-order valence-electron chi connectivity index (χ1n) is 6.32. The number of fused-ring (bicyclic) bond motifs is 1. The highest BCUT2D eigenvalue weighted by molar-refractivity contribution is 6.02. The van der Waals surface area contributed by atoms with Gasteiger partial charge >= 0.3 is 0 Å². The van der Waals surface area contributed by atoms with Crippen LogP contribution in [0, 0.1) is 0 Å². The minimum absolute atomic E-state index is 0.00430. The van der Waals surface area contributed by atoms with Crippen molar-refractivity contribution in [3.8, 4) is 0 Å².